The highest BCUT2D eigenvalue weighted by Crippen LogP contribution is 2.23. The molecule has 0 bridgehead atoms. The summed E-state index contributed by atoms with van der Waals surface area (Å²) in [5.41, 5.74) is 6.66. The van der Waals surface area contributed by atoms with E-state index in [4.69, 9.17) is 15.6 Å². The first-order valence-corrected chi connectivity index (χ1v) is 5.60. The van der Waals surface area contributed by atoms with Gasteiger partial charge < -0.3 is 20.7 Å². The lowest BCUT2D eigenvalue weighted by atomic mass is 10.1. The minimum Gasteiger partial charge on any atom is -0.508 e. The van der Waals surface area contributed by atoms with Crippen molar-refractivity contribution in [3.8, 4) is 11.5 Å². The van der Waals surface area contributed by atoms with E-state index in [-0.39, 0.29) is 23.7 Å². The molecule has 2 rings (SSSR count). The Morgan fingerprint density at radius 1 is 1.21 bits per heavy atom. The maximum atomic E-state index is 11.1. The lowest BCUT2D eigenvalue weighted by molar-refractivity contribution is 0.0692. The molecule has 0 atom stereocenters. The lowest BCUT2D eigenvalue weighted by Gasteiger charge is -2.10. The van der Waals surface area contributed by atoms with Crippen LogP contribution in [0.1, 0.15) is 15.9 Å². The lowest BCUT2D eigenvalue weighted by Crippen LogP contribution is -2.04. The number of rotatable bonds is 4. The number of hydrogen-bond donors (Lipinski definition) is 3. The molecule has 0 amide bonds. The molecule has 5 heteroatoms. The summed E-state index contributed by atoms with van der Waals surface area (Å²) in [5.74, 6) is -0.722. The largest absolute Gasteiger partial charge is 0.508 e. The number of ether oxygens (including phenoxy) is 1. The van der Waals surface area contributed by atoms with Crippen molar-refractivity contribution in [1.82, 2.24) is 0 Å². The molecular weight excluding hydrogens is 246 g/mol. The average molecular weight is 259 g/mol. The Morgan fingerprint density at radius 2 is 2.00 bits per heavy atom. The van der Waals surface area contributed by atoms with Crippen molar-refractivity contribution < 1.29 is 19.7 Å². The molecule has 0 unspecified atom stereocenters. The van der Waals surface area contributed by atoms with Crippen LogP contribution in [-0.2, 0) is 6.61 Å². The van der Waals surface area contributed by atoms with Crippen LogP contribution in [0, 0.1) is 0 Å². The molecule has 0 spiro atoms. The van der Waals surface area contributed by atoms with Gasteiger partial charge in [0, 0.05) is 5.69 Å². The fourth-order valence-electron chi connectivity index (χ4n) is 1.65. The molecular formula is C14H13NO4. The van der Waals surface area contributed by atoms with Gasteiger partial charge in [0.1, 0.15) is 23.7 Å². The normalized spacial score (nSPS) is 10.1. The predicted molar refractivity (Wildman–Crippen MR) is 70.3 cm³/mol. The molecule has 0 aliphatic carbocycles. The maximum Gasteiger partial charge on any atom is 0.339 e. The number of carboxylic acid groups (broad SMARTS) is 1. The van der Waals surface area contributed by atoms with Gasteiger partial charge in [-0.2, -0.15) is 0 Å². The predicted octanol–water partition coefficient (Wildman–Crippen LogP) is 2.25. The molecule has 2 aromatic rings. The fourth-order valence-corrected chi connectivity index (χ4v) is 1.65. The molecule has 0 fully saturated rings. The second-order valence-electron chi connectivity index (χ2n) is 4.02. The van der Waals surface area contributed by atoms with Crippen molar-refractivity contribution in [2.45, 2.75) is 6.61 Å². The van der Waals surface area contributed by atoms with Gasteiger partial charge in [-0.1, -0.05) is 12.1 Å². The minimum atomic E-state index is -1.10. The minimum absolute atomic E-state index is 0.0140. The molecule has 2 aromatic carbocycles. The second kappa shape index (κ2) is 5.30. The van der Waals surface area contributed by atoms with Crippen LogP contribution in [0.5, 0.6) is 11.5 Å². The third-order valence-corrected chi connectivity index (χ3v) is 2.54. The van der Waals surface area contributed by atoms with Gasteiger partial charge in [-0.15, -0.1) is 0 Å². The van der Waals surface area contributed by atoms with Gasteiger partial charge in [0.05, 0.1) is 0 Å². The zero-order chi connectivity index (χ0) is 13.8. The Hall–Kier alpha value is -2.69. The molecule has 0 radical (unpaired) electrons. The molecule has 0 aliphatic rings. The summed E-state index contributed by atoms with van der Waals surface area (Å²) in [5, 5.41) is 18.4. The summed E-state index contributed by atoms with van der Waals surface area (Å²) in [4.78, 5) is 11.1. The number of aromatic carboxylic acids is 1. The van der Waals surface area contributed by atoms with Crippen molar-refractivity contribution in [1.29, 1.82) is 0 Å². The van der Waals surface area contributed by atoms with Crippen molar-refractivity contribution in [3.63, 3.8) is 0 Å². The van der Waals surface area contributed by atoms with Gasteiger partial charge in [0.2, 0.25) is 0 Å². The van der Waals surface area contributed by atoms with Crippen LogP contribution in [0.2, 0.25) is 0 Å². The van der Waals surface area contributed by atoms with Crippen LogP contribution in [0.3, 0.4) is 0 Å². The number of aromatic hydroxyl groups is 1. The first-order chi connectivity index (χ1) is 9.06. The quantitative estimate of drug-likeness (QED) is 0.732. The molecule has 0 saturated heterocycles. The number of nitrogen functional groups attached to an aromatic ring is 1. The molecule has 0 aliphatic heterocycles. The van der Waals surface area contributed by atoms with Gasteiger partial charge >= 0.3 is 5.97 Å². The highest BCUT2D eigenvalue weighted by Gasteiger charge is 2.11. The summed E-state index contributed by atoms with van der Waals surface area (Å²) in [7, 11) is 0. The van der Waals surface area contributed by atoms with Crippen LogP contribution in [0.15, 0.2) is 42.5 Å². The molecule has 4 N–H and O–H groups in total. The van der Waals surface area contributed by atoms with Gasteiger partial charge in [-0.3, -0.25) is 0 Å². The summed E-state index contributed by atoms with van der Waals surface area (Å²) in [6, 6.07) is 11.0. The van der Waals surface area contributed by atoms with E-state index in [0.29, 0.717) is 5.69 Å². The second-order valence-corrected chi connectivity index (χ2v) is 4.02. The van der Waals surface area contributed by atoms with E-state index >= 15 is 0 Å². The zero-order valence-electron chi connectivity index (χ0n) is 10.0. The Labute approximate surface area is 109 Å². The Balaban J connectivity index is 2.17. The van der Waals surface area contributed by atoms with Crippen LogP contribution in [0.25, 0.3) is 0 Å². The topological polar surface area (TPSA) is 92.8 Å². The SMILES string of the molecule is Nc1ccc(OCc2cccc(O)c2)c(C(=O)O)c1. The highest BCUT2D eigenvalue weighted by molar-refractivity contribution is 5.92. The summed E-state index contributed by atoms with van der Waals surface area (Å²) < 4.78 is 5.45. The molecule has 98 valence electrons. The van der Waals surface area contributed by atoms with E-state index in [2.05, 4.69) is 0 Å². The van der Waals surface area contributed by atoms with Gasteiger partial charge in [0.25, 0.3) is 0 Å². The first-order valence-electron chi connectivity index (χ1n) is 5.60. The van der Waals surface area contributed by atoms with Crippen LogP contribution >= 0.6 is 0 Å². The Kier molecular flexibility index (Phi) is 3.56. The van der Waals surface area contributed by atoms with E-state index in [1.54, 1.807) is 30.3 Å². The summed E-state index contributed by atoms with van der Waals surface area (Å²) >= 11 is 0. The van der Waals surface area contributed by atoms with Gasteiger partial charge in [-0.05, 0) is 35.9 Å². The van der Waals surface area contributed by atoms with Gasteiger partial charge in [-0.25, -0.2) is 4.79 Å². The fraction of sp³-hybridized carbons (Fsp3) is 0.0714. The van der Waals surface area contributed by atoms with E-state index in [1.807, 2.05) is 0 Å². The highest BCUT2D eigenvalue weighted by atomic mass is 16.5. The van der Waals surface area contributed by atoms with E-state index in [0.717, 1.165) is 5.56 Å². The van der Waals surface area contributed by atoms with E-state index in [1.165, 1.54) is 12.1 Å². The van der Waals surface area contributed by atoms with Crippen LogP contribution in [-0.4, -0.2) is 16.2 Å². The first kappa shape index (κ1) is 12.8. The Morgan fingerprint density at radius 3 is 2.68 bits per heavy atom. The number of hydrogen-bond acceptors (Lipinski definition) is 4. The number of phenolic OH excluding ortho intramolecular Hbond substituents is 1. The third-order valence-electron chi connectivity index (χ3n) is 2.54. The van der Waals surface area contributed by atoms with Crippen molar-refractivity contribution in [2.24, 2.45) is 0 Å². The van der Waals surface area contributed by atoms with Crippen LogP contribution in [0.4, 0.5) is 5.69 Å². The smallest absolute Gasteiger partial charge is 0.339 e. The molecule has 0 aromatic heterocycles. The number of anilines is 1. The number of phenols is 1. The summed E-state index contributed by atoms with van der Waals surface area (Å²) in [6.45, 7) is 0.165. The van der Waals surface area contributed by atoms with Crippen LogP contribution < -0.4 is 10.5 Å². The molecule has 5 nitrogen and oxygen atoms in total. The number of benzene rings is 2. The maximum absolute atomic E-state index is 11.1. The number of nitrogens with two attached hydrogens (primary N) is 1. The van der Waals surface area contributed by atoms with Gasteiger partial charge in [0.15, 0.2) is 0 Å². The van der Waals surface area contributed by atoms with Crippen molar-refractivity contribution in [3.05, 3.63) is 53.6 Å². The average Bonchev–Trinajstić information content (AvgIpc) is 2.37. The number of carbonyl (C=O) groups is 1. The van der Waals surface area contributed by atoms with E-state index < -0.39 is 5.97 Å². The van der Waals surface area contributed by atoms with E-state index in [9.17, 15) is 9.90 Å². The summed E-state index contributed by atoms with van der Waals surface area (Å²) in [6.07, 6.45) is 0. The Bertz CT molecular complexity index is 610. The monoisotopic (exact) mass is 259 g/mol. The van der Waals surface area contributed by atoms with Crippen molar-refractivity contribution >= 4 is 11.7 Å². The molecule has 0 saturated carbocycles. The van der Waals surface area contributed by atoms with Crippen molar-refractivity contribution in [2.75, 3.05) is 5.73 Å². The third kappa shape index (κ3) is 3.16. The standard InChI is InChI=1S/C14H13NO4/c15-10-4-5-13(12(7-10)14(17)18)19-8-9-2-1-3-11(16)6-9/h1-7,16H,8,15H2,(H,17,18). The molecule has 19 heavy (non-hydrogen) atoms. The zero-order valence-corrected chi connectivity index (χ0v) is 10.0. The molecule has 0 heterocycles. The number of carboxylic acids is 1.